The van der Waals surface area contributed by atoms with E-state index in [1.165, 1.54) is 25.1 Å². The van der Waals surface area contributed by atoms with Crippen LogP contribution in [0.15, 0.2) is 29.2 Å². The molecule has 6 nitrogen and oxygen atoms in total. The average Bonchev–Trinajstić information content (AvgIpc) is 2.97. The van der Waals surface area contributed by atoms with Gasteiger partial charge in [0.1, 0.15) is 11.0 Å². The Labute approximate surface area is 134 Å². The van der Waals surface area contributed by atoms with E-state index in [9.17, 15) is 13.2 Å². The fraction of sp³-hybridized carbons (Fsp3) is 0.500. The van der Waals surface area contributed by atoms with Crippen molar-refractivity contribution >= 4 is 27.5 Å². The summed E-state index contributed by atoms with van der Waals surface area (Å²) in [6.07, 6.45) is 0.916. The lowest BCUT2D eigenvalue weighted by molar-refractivity contribution is -0.131. The summed E-state index contributed by atoms with van der Waals surface area (Å²) in [6, 6.07) is 5.91. The van der Waals surface area contributed by atoms with Crippen molar-refractivity contribution in [3.63, 3.8) is 0 Å². The standard InChI is InChI=1S/C14H18ClNO5S/c1-10(21-9-11-5-4-8-20-11)14(17)16-22(18,19)13-7-3-2-6-12(13)15/h2-3,6-7,10-11H,4-5,8-9H2,1H3,(H,16,17)/t10-,11-/m0/s1. The predicted octanol–water partition coefficient (Wildman–Crippen LogP) is 1.73. The highest BCUT2D eigenvalue weighted by Crippen LogP contribution is 2.20. The Morgan fingerprint density at radius 1 is 1.50 bits per heavy atom. The molecule has 8 heteroatoms. The van der Waals surface area contributed by atoms with E-state index >= 15 is 0 Å². The molecule has 0 aliphatic carbocycles. The molecule has 0 aromatic heterocycles. The maximum Gasteiger partial charge on any atom is 0.265 e. The van der Waals surface area contributed by atoms with E-state index in [-0.39, 0.29) is 22.6 Å². The van der Waals surface area contributed by atoms with Crippen molar-refractivity contribution in [2.24, 2.45) is 0 Å². The fourth-order valence-electron chi connectivity index (χ4n) is 2.04. The molecule has 1 fully saturated rings. The summed E-state index contributed by atoms with van der Waals surface area (Å²) >= 11 is 5.84. The summed E-state index contributed by atoms with van der Waals surface area (Å²) in [6.45, 7) is 2.45. The summed E-state index contributed by atoms with van der Waals surface area (Å²) < 4.78 is 37.0. The summed E-state index contributed by atoms with van der Waals surface area (Å²) in [7, 11) is -4.02. The number of carbonyl (C=O) groups excluding carboxylic acids is 1. The second kappa shape index (κ2) is 7.41. The van der Waals surface area contributed by atoms with Gasteiger partial charge in [0, 0.05) is 6.61 Å². The minimum atomic E-state index is -4.02. The number of nitrogens with one attached hydrogen (secondary N) is 1. The first-order chi connectivity index (χ1) is 10.4. The molecular formula is C14H18ClNO5S. The lowest BCUT2D eigenvalue weighted by Gasteiger charge is -2.16. The van der Waals surface area contributed by atoms with Gasteiger partial charge in [-0.25, -0.2) is 13.1 Å². The highest BCUT2D eigenvalue weighted by atomic mass is 35.5. The van der Waals surface area contributed by atoms with Crippen LogP contribution < -0.4 is 4.72 Å². The molecule has 22 heavy (non-hydrogen) atoms. The van der Waals surface area contributed by atoms with Crippen LogP contribution in [0.5, 0.6) is 0 Å². The summed E-state index contributed by atoms with van der Waals surface area (Å²) in [5, 5.41) is 0.0516. The molecule has 2 atom stereocenters. The van der Waals surface area contributed by atoms with Crippen LogP contribution in [0.25, 0.3) is 0 Å². The summed E-state index contributed by atoms with van der Waals surface area (Å²) in [5.74, 6) is -0.738. The lowest BCUT2D eigenvalue weighted by atomic mass is 10.2. The Morgan fingerprint density at radius 2 is 2.23 bits per heavy atom. The monoisotopic (exact) mass is 347 g/mol. The fourth-order valence-corrected chi connectivity index (χ4v) is 3.60. The molecule has 122 valence electrons. The largest absolute Gasteiger partial charge is 0.376 e. The van der Waals surface area contributed by atoms with Crippen LogP contribution in [0, 0.1) is 0 Å². The van der Waals surface area contributed by atoms with Gasteiger partial charge >= 0.3 is 0 Å². The molecule has 0 unspecified atom stereocenters. The van der Waals surface area contributed by atoms with Crippen molar-refractivity contribution in [3.8, 4) is 0 Å². The molecule has 0 spiro atoms. The first kappa shape index (κ1) is 17.2. The third-order valence-electron chi connectivity index (χ3n) is 3.29. The minimum absolute atomic E-state index is 0.0320. The third-order valence-corrected chi connectivity index (χ3v) is 5.13. The first-order valence-corrected chi connectivity index (χ1v) is 8.80. The number of carbonyl (C=O) groups is 1. The maximum absolute atomic E-state index is 12.1. The van der Waals surface area contributed by atoms with Gasteiger partial charge in [-0.05, 0) is 31.9 Å². The zero-order valence-corrected chi connectivity index (χ0v) is 13.7. The topological polar surface area (TPSA) is 81.7 Å². The Balaban J connectivity index is 1.93. The van der Waals surface area contributed by atoms with Crippen LogP contribution in [0.3, 0.4) is 0 Å². The van der Waals surface area contributed by atoms with E-state index in [4.69, 9.17) is 21.1 Å². The number of sulfonamides is 1. The van der Waals surface area contributed by atoms with Crippen LogP contribution in [-0.2, 0) is 24.3 Å². The molecule has 1 amide bonds. The number of hydrogen-bond donors (Lipinski definition) is 1. The Kier molecular flexibility index (Phi) is 5.80. The number of amides is 1. The van der Waals surface area contributed by atoms with Gasteiger partial charge in [-0.15, -0.1) is 0 Å². The molecule has 1 aliphatic rings. The quantitative estimate of drug-likeness (QED) is 0.847. The van der Waals surface area contributed by atoms with Crippen LogP contribution in [0.2, 0.25) is 5.02 Å². The molecule has 1 aromatic carbocycles. The van der Waals surface area contributed by atoms with Crippen LogP contribution in [-0.4, -0.2) is 39.7 Å². The van der Waals surface area contributed by atoms with E-state index in [0.29, 0.717) is 6.61 Å². The van der Waals surface area contributed by atoms with Gasteiger partial charge < -0.3 is 9.47 Å². The SMILES string of the molecule is C[C@H](OC[C@@H]1CCCO1)C(=O)NS(=O)(=O)c1ccccc1Cl. The molecule has 0 radical (unpaired) electrons. The minimum Gasteiger partial charge on any atom is -0.376 e. The van der Waals surface area contributed by atoms with Crippen LogP contribution in [0.4, 0.5) is 0 Å². The number of benzene rings is 1. The van der Waals surface area contributed by atoms with Crippen molar-refractivity contribution in [1.29, 1.82) is 0 Å². The van der Waals surface area contributed by atoms with E-state index in [0.717, 1.165) is 12.8 Å². The van der Waals surface area contributed by atoms with Gasteiger partial charge in [-0.3, -0.25) is 4.79 Å². The second-order valence-corrected chi connectivity index (χ2v) is 7.07. The molecule has 0 bridgehead atoms. The highest BCUT2D eigenvalue weighted by molar-refractivity contribution is 7.90. The molecule has 2 rings (SSSR count). The number of halogens is 1. The number of rotatable bonds is 6. The smallest absolute Gasteiger partial charge is 0.265 e. The normalized spacial score (nSPS) is 19.8. The van der Waals surface area contributed by atoms with Gasteiger partial charge in [-0.2, -0.15) is 0 Å². The predicted molar refractivity (Wildman–Crippen MR) is 81.2 cm³/mol. The molecule has 1 heterocycles. The van der Waals surface area contributed by atoms with Crippen LogP contribution in [0.1, 0.15) is 19.8 Å². The third kappa shape index (κ3) is 4.42. The molecule has 1 saturated heterocycles. The molecule has 0 saturated carbocycles. The van der Waals surface area contributed by atoms with Crippen molar-refractivity contribution in [2.75, 3.05) is 13.2 Å². The van der Waals surface area contributed by atoms with E-state index in [1.54, 1.807) is 6.07 Å². The zero-order valence-electron chi connectivity index (χ0n) is 12.1. The van der Waals surface area contributed by atoms with E-state index in [1.807, 2.05) is 4.72 Å². The van der Waals surface area contributed by atoms with Crippen molar-refractivity contribution in [2.45, 2.75) is 36.9 Å². The van der Waals surface area contributed by atoms with E-state index in [2.05, 4.69) is 0 Å². The number of hydrogen-bond acceptors (Lipinski definition) is 5. The van der Waals surface area contributed by atoms with Crippen molar-refractivity contribution in [1.82, 2.24) is 4.72 Å². The summed E-state index contributed by atoms with van der Waals surface area (Å²) in [4.78, 5) is 11.8. The Morgan fingerprint density at radius 3 is 2.86 bits per heavy atom. The Hall–Kier alpha value is -1.15. The molecular weight excluding hydrogens is 330 g/mol. The van der Waals surface area contributed by atoms with Gasteiger partial charge in [0.2, 0.25) is 0 Å². The maximum atomic E-state index is 12.1. The molecule has 1 N–H and O–H groups in total. The van der Waals surface area contributed by atoms with Gasteiger partial charge in [0.05, 0.1) is 17.7 Å². The second-order valence-electron chi connectivity index (χ2n) is 5.01. The van der Waals surface area contributed by atoms with Gasteiger partial charge in [-0.1, -0.05) is 23.7 Å². The molecule has 1 aliphatic heterocycles. The van der Waals surface area contributed by atoms with Gasteiger partial charge in [0.25, 0.3) is 15.9 Å². The van der Waals surface area contributed by atoms with Crippen LogP contribution >= 0.6 is 11.6 Å². The lowest BCUT2D eigenvalue weighted by Crippen LogP contribution is -2.39. The number of ether oxygens (including phenoxy) is 2. The Bertz CT molecular complexity index is 628. The van der Waals surface area contributed by atoms with Crippen molar-refractivity contribution in [3.05, 3.63) is 29.3 Å². The zero-order chi connectivity index (χ0) is 16.2. The molecule has 1 aromatic rings. The van der Waals surface area contributed by atoms with Crippen molar-refractivity contribution < 1.29 is 22.7 Å². The highest BCUT2D eigenvalue weighted by Gasteiger charge is 2.25. The first-order valence-electron chi connectivity index (χ1n) is 6.94. The average molecular weight is 348 g/mol. The summed E-state index contributed by atoms with van der Waals surface area (Å²) in [5.41, 5.74) is 0. The van der Waals surface area contributed by atoms with E-state index < -0.39 is 22.0 Å². The van der Waals surface area contributed by atoms with Gasteiger partial charge in [0.15, 0.2) is 0 Å².